The van der Waals surface area contributed by atoms with Crippen LogP contribution in [0.15, 0.2) is 42.5 Å². The van der Waals surface area contributed by atoms with E-state index in [1.54, 1.807) is 49.4 Å². The largest absolute Gasteiger partial charge is 0.462 e. The van der Waals surface area contributed by atoms with Gasteiger partial charge in [-0.25, -0.2) is 4.79 Å². The Bertz CT molecular complexity index is 878. The third kappa shape index (κ3) is 4.32. The number of hydrogen-bond acceptors (Lipinski definition) is 4. The fourth-order valence-corrected chi connectivity index (χ4v) is 3.99. The highest BCUT2D eigenvalue weighted by atomic mass is 35.5. The molecule has 0 spiro atoms. The summed E-state index contributed by atoms with van der Waals surface area (Å²) in [5.74, 6) is -0.624. The highest BCUT2D eigenvalue weighted by molar-refractivity contribution is 6.35. The number of benzene rings is 2. The molecule has 1 amide bonds. The van der Waals surface area contributed by atoms with Crippen molar-refractivity contribution < 1.29 is 19.1 Å². The molecule has 1 fully saturated rings. The number of anilines is 1. The van der Waals surface area contributed by atoms with Gasteiger partial charge in [0.05, 0.1) is 17.6 Å². The molecule has 1 N–H and O–H groups in total. The molecule has 1 heterocycles. The Morgan fingerprint density at radius 1 is 1.14 bits per heavy atom. The first-order valence-corrected chi connectivity index (χ1v) is 9.84. The summed E-state index contributed by atoms with van der Waals surface area (Å²) in [6.07, 6.45) is 0.996. The van der Waals surface area contributed by atoms with Gasteiger partial charge in [0, 0.05) is 28.9 Å². The number of ether oxygens (including phenoxy) is 2. The van der Waals surface area contributed by atoms with Gasteiger partial charge in [-0.3, -0.25) is 4.79 Å². The molecular weight excluding hydrogens is 401 g/mol. The number of halogens is 2. The second kappa shape index (κ2) is 8.95. The highest BCUT2D eigenvalue weighted by Gasteiger charge is 2.43. The normalized spacial score (nSPS) is 15.7. The van der Waals surface area contributed by atoms with Gasteiger partial charge in [-0.1, -0.05) is 35.3 Å². The van der Waals surface area contributed by atoms with Crippen molar-refractivity contribution in [1.29, 1.82) is 0 Å². The minimum atomic E-state index is -0.833. The van der Waals surface area contributed by atoms with Gasteiger partial charge in [-0.05, 0) is 55.7 Å². The minimum Gasteiger partial charge on any atom is -0.462 e. The molecule has 2 aromatic rings. The first kappa shape index (κ1) is 20.6. The number of hydrogen-bond donors (Lipinski definition) is 1. The van der Waals surface area contributed by atoms with Gasteiger partial charge >= 0.3 is 5.97 Å². The Kier molecular flexibility index (Phi) is 6.60. The molecular formula is C21H21Cl2NO4. The first-order valence-electron chi connectivity index (χ1n) is 9.08. The van der Waals surface area contributed by atoms with Crippen LogP contribution in [-0.2, 0) is 19.7 Å². The highest BCUT2D eigenvalue weighted by Crippen LogP contribution is 2.40. The van der Waals surface area contributed by atoms with E-state index in [2.05, 4.69) is 5.32 Å². The average molecular weight is 422 g/mol. The van der Waals surface area contributed by atoms with Gasteiger partial charge < -0.3 is 14.8 Å². The summed E-state index contributed by atoms with van der Waals surface area (Å²) in [5.41, 5.74) is 0.789. The molecule has 3 rings (SSSR count). The van der Waals surface area contributed by atoms with Gasteiger partial charge in [-0.2, -0.15) is 0 Å². The van der Waals surface area contributed by atoms with Crippen LogP contribution in [-0.4, -0.2) is 31.7 Å². The van der Waals surface area contributed by atoms with E-state index in [4.69, 9.17) is 32.7 Å². The van der Waals surface area contributed by atoms with Crippen LogP contribution in [0.2, 0.25) is 10.0 Å². The van der Waals surface area contributed by atoms with Crippen molar-refractivity contribution in [3.63, 3.8) is 0 Å². The monoisotopic (exact) mass is 421 g/mol. The quantitative estimate of drug-likeness (QED) is 0.700. The second-order valence-electron chi connectivity index (χ2n) is 6.57. The number of esters is 1. The number of nitrogens with one attached hydrogen (secondary N) is 1. The van der Waals surface area contributed by atoms with Gasteiger partial charge in [0.15, 0.2) is 0 Å². The molecule has 0 aromatic heterocycles. The van der Waals surface area contributed by atoms with Crippen LogP contribution in [0.3, 0.4) is 0 Å². The van der Waals surface area contributed by atoms with Crippen LogP contribution in [0.4, 0.5) is 5.69 Å². The molecule has 0 bridgehead atoms. The second-order valence-corrected chi connectivity index (χ2v) is 7.42. The van der Waals surface area contributed by atoms with Gasteiger partial charge in [-0.15, -0.1) is 0 Å². The molecule has 2 aromatic carbocycles. The van der Waals surface area contributed by atoms with Crippen LogP contribution in [0, 0.1) is 0 Å². The predicted molar refractivity (Wildman–Crippen MR) is 109 cm³/mol. The van der Waals surface area contributed by atoms with E-state index < -0.39 is 11.4 Å². The van der Waals surface area contributed by atoms with Crippen molar-refractivity contribution in [3.05, 3.63) is 63.6 Å². The summed E-state index contributed by atoms with van der Waals surface area (Å²) in [6, 6.07) is 11.9. The molecule has 148 valence electrons. The van der Waals surface area contributed by atoms with Crippen molar-refractivity contribution in [2.45, 2.75) is 25.2 Å². The van der Waals surface area contributed by atoms with Crippen molar-refractivity contribution >= 4 is 40.8 Å². The third-order valence-electron chi connectivity index (χ3n) is 4.86. The molecule has 1 aliphatic heterocycles. The van der Waals surface area contributed by atoms with Crippen molar-refractivity contribution in [1.82, 2.24) is 0 Å². The maximum atomic E-state index is 13.4. The summed E-state index contributed by atoms with van der Waals surface area (Å²) >= 11 is 12.5. The lowest BCUT2D eigenvalue weighted by Crippen LogP contribution is -2.45. The molecule has 1 saturated heterocycles. The van der Waals surface area contributed by atoms with Crippen molar-refractivity contribution in [2.75, 3.05) is 25.1 Å². The topological polar surface area (TPSA) is 64.6 Å². The molecule has 1 aliphatic rings. The summed E-state index contributed by atoms with van der Waals surface area (Å²) < 4.78 is 10.5. The van der Waals surface area contributed by atoms with Gasteiger partial charge in [0.1, 0.15) is 0 Å². The van der Waals surface area contributed by atoms with E-state index in [0.29, 0.717) is 47.4 Å². The minimum absolute atomic E-state index is 0.193. The maximum absolute atomic E-state index is 13.4. The summed E-state index contributed by atoms with van der Waals surface area (Å²) in [7, 11) is 0. The van der Waals surface area contributed by atoms with E-state index in [1.165, 1.54) is 0 Å². The van der Waals surface area contributed by atoms with Crippen molar-refractivity contribution in [2.24, 2.45) is 0 Å². The number of amides is 1. The smallest absolute Gasteiger partial charge is 0.338 e. The Labute approximate surface area is 173 Å². The molecule has 5 nitrogen and oxygen atoms in total. The van der Waals surface area contributed by atoms with E-state index in [1.807, 2.05) is 0 Å². The standard InChI is InChI=1S/C21H21Cl2NO4/c1-2-28-19(25)14-4-3-5-16(12-14)24-20(26)21(8-10-27-11-9-21)17-7-6-15(22)13-18(17)23/h3-7,12-13H,2,8-11H2,1H3,(H,24,26). The number of carbonyl (C=O) groups excluding carboxylic acids is 2. The first-order chi connectivity index (χ1) is 13.5. The van der Waals surface area contributed by atoms with E-state index in [9.17, 15) is 9.59 Å². The fourth-order valence-electron chi connectivity index (χ4n) is 3.41. The predicted octanol–water partition coefficient (Wildman–Crippen LogP) is 4.86. The molecule has 0 saturated carbocycles. The van der Waals surface area contributed by atoms with Crippen LogP contribution in [0.25, 0.3) is 0 Å². The Hall–Kier alpha value is -2.08. The molecule has 0 unspecified atom stereocenters. The zero-order chi connectivity index (χ0) is 20.1. The third-order valence-corrected chi connectivity index (χ3v) is 5.41. The maximum Gasteiger partial charge on any atom is 0.338 e. The van der Waals surface area contributed by atoms with Crippen LogP contribution < -0.4 is 5.32 Å². The zero-order valence-corrected chi connectivity index (χ0v) is 17.0. The Balaban J connectivity index is 1.91. The average Bonchev–Trinajstić information content (AvgIpc) is 2.69. The van der Waals surface area contributed by atoms with E-state index in [0.717, 1.165) is 5.56 Å². The Morgan fingerprint density at radius 3 is 2.57 bits per heavy atom. The van der Waals surface area contributed by atoms with Crippen LogP contribution in [0.1, 0.15) is 35.7 Å². The molecule has 0 aliphatic carbocycles. The Morgan fingerprint density at radius 2 is 1.89 bits per heavy atom. The van der Waals surface area contributed by atoms with E-state index >= 15 is 0 Å². The molecule has 28 heavy (non-hydrogen) atoms. The zero-order valence-electron chi connectivity index (χ0n) is 15.5. The lowest BCUT2D eigenvalue weighted by atomic mass is 9.73. The summed E-state index contributed by atoms with van der Waals surface area (Å²) in [6.45, 7) is 2.94. The van der Waals surface area contributed by atoms with Crippen LogP contribution in [0.5, 0.6) is 0 Å². The lowest BCUT2D eigenvalue weighted by Gasteiger charge is -2.36. The molecule has 0 radical (unpaired) electrons. The van der Waals surface area contributed by atoms with E-state index in [-0.39, 0.29) is 12.5 Å². The summed E-state index contributed by atoms with van der Waals surface area (Å²) in [5, 5.41) is 3.90. The van der Waals surface area contributed by atoms with Crippen LogP contribution >= 0.6 is 23.2 Å². The van der Waals surface area contributed by atoms with Crippen molar-refractivity contribution in [3.8, 4) is 0 Å². The SMILES string of the molecule is CCOC(=O)c1cccc(NC(=O)C2(c3ccc(Cl)cc3Cl)CCOCC2)c1. The summed E-state index contributed by atoms with van der Waals surface area (Å²) in [4.78, 5) is 25.3. The number of rotatable bonds is 5. The lowest BCUT2D eigenvalue weighted by molar-refractivity contribution is -0.125. The number of carbonyl (C=O) groups is 2. The van der Waals surface area contributed by atoms with Gasteiger partial charge in [0.2, 0.25) is 5.91 Å². The fraction of sp³-hybridized carbons (Fsp3) is 0.333. The molecule has 7 heteroatoms. The van der Waals surface area contributed by atoms with Gasteiger partial charge in [0.25, 0.3) is 0 Å². The molecule has 0 atom stereocenters.